The zero-order valence-electron chi connectivity index (χ0n) is 14.3. The molecule has 0 aliphatic rings. The lowest BCUT2D eigenvalue weighted by Gasteiger charge is -2.12. The third kappa shape index (κ3) is 5.54. The van der Waals surface area contributed by atoms with Crippen LogP contribution in [-0.2, 0) is 0 Å². The summed E-state index contributed by atoms with van der Waals surface area (Å²) in [5.74, 6) is -3.56. The van der Waals surface area contributed by atoms with Crippen molar-refractivity contribution in [1.29, 1.82) is 0 Å². The highest BCUT2D eigenvalue weighted by Gasteiger charge is 2.18. The van der Waals surface area contributed by atoms with Crippen LogP contribution in [0, 0.1) is 11.6 Å². The van der Waals surface area contributed by atoms with E-state index >= 15 is 0 Å². The highest BCUT2D eigenvalue weighted by atomic mass is 35.5. The van der Waals surface area contributed by atoms with E-state index in [1.165, 1.54) is 18.2 Å². The van der Waals surface area contributed by atoms with Crippen molar-refractivity contribution < 1.29 is 23.2 Å². The zero-order valence-corrected chi connectivity index (χ0v) is 15.8. The third-order valence-corrected chi connectivity index (χ3v) is 3.93. The largest absolute Gasteiger partial charge is 0.338 e. The Bertz CT molecular complexity index is 941. The van der Waals surface area contributed by atoms with Crippen molar-refractivity contribution >= 4 is 52.5 Å². The first-order valence-electron chi connectivity index (χ1n) is 7.82. The van der Waals surface area contributed by atoms with E-state index in [1.54, 1.807) is 6.92 Å². The van der Waals surface area contributed by atoms with Gasteiger partial charge in [0.1, 0.15) is 0 Å². The van der Waals surface area contributed by atoms with Gasteiger partial charge in [0.2, 0.25) is 0 Å². The Morgan fingerprint density at radius 1 is 0.929 bits per heavy atom. The number of carbonyl (C=O) groups excluding carboxylic acids is 3. The first-order valence-corrected chi connectivity index (χ1v) is 8.58. The summed E-state index contributed by atoms with van der Waals surface area (Å²) in [7, 11) is 0. The highest BCUT2D eigenvalue weighted by Crippen LogP contribution is 2.25. The van der Waals surface area contributed by atoms with Crippen LogP contribution in [0.4, 0.5) is 29.7 Å². The first kappa shape index (κ1) is 21.4. The minimum absolute atomic E-state index is 0.0950. The van der Waals surface area contributed by atoms with Gasteiger partial charge in [0.15, 0.2) is 11.6 Å². The van der Waals surface area contributed by atoms with Gasteiger partial charge in [0.25, 0.3) is 5.91 Å². The molecule has 0 aliphatic heterocycles. The average molecular weight is 431 g/mol. The van der Waals surface area contributed by atoms with Crippen molar-refractivity contribution in [3.05, 3.63) is 57.6 Å². The summed E-state index contributed by atoms with van der Waals surface area (Å²) in [6.07, 6.45) is 0. The van der Waals surface area contributed by atoms with E-state index in [2.05, 4.69) is 16.0 Å². The van der Waals surface area contributed by atoms with Crippen LogP contribution in [-0.4, -0.2) is 24.5 Å². The second-order valence-electron chi connectivity index (χ2n) is 5.33. The summed E-state index contributed by atoms with van der Waals surface area (Å²) < 4.78 is 26.4. The maximum atomic E-state index is 13.3. The number of hydrogen-bond acceptors (Lipinski definition) is 3. The lowest BCUT2D eigenvalue weighted by molar-refractivity contribution is 0.0966. The number of rotatable bonds is 4. The second kappa shape index (κ2) is 9.34. The van der Waals surface area contributed by atoms with Crippen LogP contribution in [0.3, 0.4) is 0 Å². The maximum Gasteiger partial charge on any atom is 0.326 e. The van der Waals surface area contributed by atoms with Crippen molar-refractivity contribution in [2.75, 3.05) is 17.2 Å². The fourth-order valence-electron chi connectivity index (χ4n) is 2.06. The van der Waals surface area contributed by atoms with Crippen molar-refractivity contribution in [2.45, 2.75) is 6.92 Å². The van der Waals surface area contributed by atoms with Gasteiger partial charge in [-0.1, -0.05) is 23.2 Å². The van der Waals surface area contributed by atoms with E-state index < -0.39 is 35.2 Å². The monoisotopic (exact) mass is 430 g/mol. The summed E-state index contributed by atoms with van der Waals surface area (Å²) in [5, 5.41) is 9.06. The van der Waals surface area contributed by atoms with Gasteiger partial charge in [0.05, 0.1) is 21.3 Å². The SMILES string of the molecule is CCNC(=O)Nc1ccc(Cl)c(NC(=O)NC(=O)c2cc(F)c(F)cc2Cl)c1. The fourth-order valence-corrected chi connectivity index (χ4v) is 2.46. The molecule has 0 saturated carbocycles. The summed E-state index contributed by atoms with van der Waals surface area (Å²) in [6, 6.07) is 4.04. The van der Waals surface area contributed by atoms with Crippen LogP contribution in [0.2, 0.25) is 10.0 Å². The number of imide groups is 1. The van der Waals surface area contributed by atoms with Crippen LogP contribution >= 0.6 is 23.2 Å². The van der Waals surface area contributed by atoms with E-state index in [4.69, 9.17) is 23.2 Å². The minimum atomic E-state index is -1.29. The molecule has 0 atom stereocenters. The Balaban J connectivity index is 2.09. The molecule has 2 aromatic carbocycles. The number of halogens is 4. The Morgan fingerprint density at radius 2 is 1.61 bits per heavy atom. The topological polar surface area (TPSA) is 99.3 Å². The summed E-state index contributed by atoms with van der Waals surface area (Å²) in [6.45, 7) is 2.16. The molecule has 0 heterocycles. The standard InChI is InChI=1S/C17H14Cl2F2N4O3/c1-2-22-16(27)23-8-3-4-10(18)14(5-8)24-17(28)25-15(26)9-6-12(20)13(21)7-11(9)19/h3-7H,2H2,1H3,(H2,22,23,27)(H2,24,25,26,28). The molecule has 0 radical (unpaired) electrons. The molecule has 28 heavy (non-hydrogen) atoms. The van der Waals surface area contributed by atoms with Crippen LogP contribution in [0.5, 0.6) is 0 Å². The van der Waals surface area contributed by atoms with Crippen molar-refractivity contribution in [3.63, 3.8) is 0 Å². The van der Waals surface area contributed by atoms with Gasteiger partial charge >= 0.3 is 12.1 Å². The number of amides is 5. The van der Waals surface area contributed by atoms with Gasteiger partial charge < -0.3 is 16.0 Å². The van der Waals surface area contributed by atoms with E-state index in [1.807, 2.05) is 5.32 Å². The minimum Gasteiger partial charge on any atom is -0.338 e. The molecule has 4 N–H and O–H groups in total. The zero-order chi connectivity index (χ0) is 20.8. The molecule has 0 aromatic heterocycles. The fraction of sp³-hybridized carbons (Fsp3) is 0.118. The molecule has 5 amide bonds. The Labute approximate surface area is 168 Å². The molecule has 11 heteroatoms. The van der Waals surface area contributed by atoms with Crippen molar-refractivity contribution in [2.24, 2.45) is 0 Å². The van der Waals surface area contributed by atoms with Crippen molar-refractivity contribution in [3.8, 4) is 0 Å². The molecular weight excluding hydrogens is 417 g/mol. The number of urea groups is 2. The predicted octanol–water partition coefficient (Wildman–Crippen LogP) is 4.37. The molecule has 7 nitrogen and oxygen atoms in total. The number of nitrogens with one attached hydrogen (secondary N) is 4. The normalized spacial score (nSPS) is 10.2. The van der Waals surface area contributed by atoms with Gasteiger partial charge in [-0.3, -0.25) is 10.1 Å². The molecule has 0 unspecified atom stereocenters. The van der Waals surface area contributed by atoms with Crippen LogP contribution in [0.1, 0.15) is 17.3 Å². The molecule has 2 rings (SSSR count). The number of hydrogen-bond donors (Lipinski definition) is 4. The van der Waals surface area contributed by atoms with E-state index in [-0.39, 0.29) is 15.7 Å². The molecule has 148 valence electrons. The Morgan fingerprint density at radius 3 is 2.29 bits per heavy atom. The highest BCUT2D eigenvalue weighted by molar-refractivity contribution is 6.35. The summed E-state index contributed by atoms with van der Waals surface area (Å²) in [5.41, 5.74) is 0.00624. The Kier molecular flexibility index (Phi) is 7.13. The van der Waals surface area contributed by atoms with Crippen molar-refractivity contribution in [1.82, 2.24) is 10.6 Å². The maximum absolute atomic E-state index is 13.3. The smallest absolute Gasteiger partial charge is 0.326 e. The molecule has 0 spiro atoms. The molecule has 0 bridgehead atoms. The van der Waals surface area contributed by atoms with Crippen LogP contribution in [0.25, 0.3) is 0 Å². The van der Waals surface area contributed by atoms with Crippen LogP contribution < -0.4 is 21.3 Å². The van der Waals surface area contributed by atoms with E-state index in [0.717, 1.165) is 0 Å². The van der Waals surface area contributed by atoms with Gasteiger partial charge in [0, 0.05) is 12.2 Å². The molecule has 0 saturated heterocycles. The van der Waals surface area contributed by atoms with Crippen LogP contribution in [0.15, 0.2) is 30.3 Å². The lowest BCUT2D eigenvalue weighted by Crippen LogP contribution is -2.34. The molecule has 0 fully saturated rings. The number of carbonyl (C=O) groups is 3. The van der Waals surface area contributed by atoms with E-state index in [9.17, 15) is 23.2 Å². The average Bonchev–Trinajstić information content (AvgIpc) is 2.61. The lowest BCUT2D eigenvalue weighted by atomic mass is 10.2. The van der Waals surface area contributed by atoms with Gasteiger partial charge in [-0.05, 0) is 37.3 Å². The summed E-state index contributed by atoms with van der Waals surface area (Å²) in [4.78, 5) is 35.6. The Hall–Kier alpha value is -2.91. The molecular formula is C17H14Cl2F2N4O3. The molecule has 0 aliphatic carbocycles. The third-order valence-electron chi connectivity index (χ3n) is 3.29. The van der Waals surface area contributed by atoms with Gasteiger partial charge in [-0.15, -0.1) is 0 Å². The van der Waals surface area contributed by atoms with Gasteiger partial charge in [-0.2, -0.15) is 0 Å². The number of anilines is 2. The second-order valence-corrected chi connectivity index (χ2v) is 6.15. The first-order chi connectivity index (χ1) is 13.2. The summed E-state index contributed by atoms with van der Waals surface area (Å²) >= 11 is 11.7. The molecule has 2 aromatic rings. The quantitative estimate of drug-likeness (QED) is 0.541. The predicted molar refractivity (Wildman–Crippen MR) is 102 cm³/mol. The van der Waals surface area contributed by atoms with Gasteiger partial charge in [-0.25, -0.2) is 18.4 Å². The van der Waals surface area contributed by atoms with E-state index in [0.29, 0.717) is 24.4 Å². The number of benzene rings is 2.